The van der Waals surface area contributed by atoms with Crippen LogP contribution in [-0.4, -0.2) is 46.4 Å². The van der Waals surface area contributed by atoms with Gasteiger partial charge in [-0.1, -0.05) is 24.3 Å². The number of para-hydroxylation sites is 1. The number of nitrogens with one attached hydrogen (secondary N) is 1. The van der Waals surface area contributed by atoms with Crippen molar-refractivity contribution in [2.45, 2.75) is 31.7 Å². The van der Waals surface area contributed by atoms with Gasteiger partial charge in [0.2, 0.25) is 15.9 Å². The number of aromatic nitrogens is 2. The lowest BCUT2D eigenvalue weighted by molar-refractivity contribution is -0.385. The lowest BCUT2D eigenvalue weighted by atomic mass is 10.0. The fourth-order valence-corrected chi connectivity index (χ4v) is 5.71. The maximum absolute atomic E-state index is 13.6. The highest BCUT2D eigenvalue weighted by atomic mass is 32.2. The number of carbonyl (C=O) groups excluding carboxylic acids is 1. The third-order valence-electron chi connectivity index (χ3n) is 5.77. The quantitative estimate of drug-likeness (QED) is 0.452. The number of nitro groups is 1. The molecule has 1 N–H and O–H groups in total. The first-order chi connectivity index (χ1) is 15.6. The minimum absolute atomic E-state index is 0.0236. The molecule has 1 aliphatic heterocycles. The zero-order chi connectivity index (χ0) is 23.9. The summed E-state index contributed by atoms with van der Waals surface area (Å²) in [5, 5.41) is 18.7. The molecule has 0 aliphatic carbocycles. The summed E-state index contributed by atoms with van der Waals surface area (Å²) in [6.07, 6.45) is 0. The molecule has 2 aromatic carbocycles. The maximum atomic E-state index is 13.6. The molecular weight excluding hydrogens is 446 g/mol. The molecule has 1 fully saturated rings. The Hall–Kier alpha value is -3.57. The van der Waals surface area contributed by atoms with Crippen molar-refractivity contribution in [1.29, 1.82) is 0 Å². The van der Waals surface area contributed by atoms with Crippen LogP contribution >= 0.6 is 0 Å². The predicted octanol–water partition coefficient (Wildman–Crippen LogP) is 2.57. The van der Waals surface area contributed by atoms with Crippen LogP contribution in [0, 0.1) is 30.9 Å². The van der Waals surface area contributed by atoms with E-state index in [9.17, 15) is 23.3 Å². The zero-order valence-corrected chi connectivity index (χ0v) is 19.2. The molecule has 0 spiro atoms. The summed E-state index contributed by atoms with van der Waals surface area (Å²) >= 11 is 0. The molecule has 1 aliphatic rings. The van der Waals surface area contributed by atoms with Crippen molar-refractivity contribution in [2.75, 3.05) is 13.1 Å². The summed E-state index contributed by atoms with van der Waals surface area (Å²) in [6.45, 7) is 5.20. The van der Waals surface area contributed by atoms with Crippen LogP contribution in [0.2, 0.25) is 0 Å². The van der Waals surface area contributed by atoms with E-state index in [1.165, 1.54) is 19.1 Å². The van der Waals surface area contributed by atoms with Crippen molar-refractivity contribution in [3.63, 3.8) is 0 Å². The molecule has 10 nitrogen and oxygen atoms in total. The van der Waals surface area contributed by atoms with Crippen molar-refractivity contribution in [1.82, 2.24) is 19.4 Å². The van der Waals surface area contributed by atoms with Gasteiger partial charge in [0.15, 0.2) is 0 Å². The van der Waals surface area contributed by atoms with E-state index in [4.69, 9.17) is 0 Å². The smallest absolute Gasteiger partial charge is 0.273 e. The van der Waals surface area contributed by atoms with Gasteiger partial charge >= 0.3 is 0 Å². The van der Waals surface area contributed by atoms with Crippen LogP contribution in [0.4, 0.5) is 5.69 Å². The van der Waals surface area contributed by atoms with Gasteiger partial charge in [-0.05, 0) is 39.0 Å². The van der Waals surface area contributed by atoms with Gasteiger partial charge in [0, 0.05) is 36.0 Å². The van der Waals surface area contributed by atoms with Gasteiger partial charge in [-0.2, -0.15) is 9.40 Å². The average molecular weight is 470 g/mol. The van der Waals surface area contributed by atoms with Crippen molar-refractivity contribution < 1.29 is 18.1 Å². The molecule has 0 saturated carbocycles. The number of piperazine rings is 1. The number of nitrogens with zero attached hydrogens (tertiary/aromatic N) is 4. The first kappa shape index (κ1) is 22.6. The van der Waals surface area contributed by atoms with E-state index in [-0.39, 0.29) is 23.7 Å². The second kappa shape index (κ2) is 8.41. The monoisotopic (exact) mass is 469 g/mol. The summed E-state index contributed by atoms with van der Waals surface area (Å²) in [4.78, 5) is 23.5. The Morgan fingerprint density at radius 2 is 1.82 bits per heavy atom. The fourth-order valence-electron chi connectivity index (χ4n) is 4.13. The van der Waals surface area contributed by atoms with Crippen molar-refractivity contribution in [3.05, 3.63) is 81.2 Å². The number of hydrogen-bond donors (Lipinski definition) is 1. The van der Waals surface area contributed by atoms with E-state index in [2.05, 4.69) is 10.4 Å². The topological polar surface area (TPSA) is 127 Å². The Labute approximate surface area is 191 Å². The molecule has 0 unspecified atom stereocenters. The van der Waals surface area contributed by atoms with Gasteiger partial charge in [0.1, 0.15) is 6.04 Å². The summed E-state index contributed by atoms with van der Waals surface area (Å²) in [7, 11) is -4.22. The highest BCUT2D eigenvalue weighted by Crippen LogP contribution is 2.35. The number of benzene rings is 2. The van der Waals surface area contributed by atoms with Gasteiger partial charge in [0.25, 0.3) is 5.69 Å². The number of nitro benzene ring substituents is 1. The zero-order valence-electron chi connectivity index (χ0n) is 18.3. The molecule has 33 heavy (non-hydrogen) atoms. The van der Waals surface area contributed by atoms with Gasteiger partial charge in [0.05, 0.1) is 21.2 Å². The molecule has 11 heteroatoms. The number of carbonyl (C=O) groups is 1. The molecule has 3 aromatic rings. The molecular formula is C22H23N5O5S. The SMILES string of the molecule is Cc1ccc(S(=O)(=O)N2CCNC(=O)[C@@H]2c2c(C)nn(-c3ccccc3)c2C)cc1[N+](=O)[O-]. The first-order valence-electron chi connectivity index (χ1n) is 10.3. The molecule has 1 atom stereocenters. The molecule has 4 rings (SSSR count). The van der Waals surface area contributed by atoms with Crippen LogP contribution in [0.5, 0.6) is 0 Å². The number of aryl methyl sites for hydroxylation is 2. The maximum Gasteiger partial charge on any atom is 0.273 e. The largest absolute Gasteiger partial charge is 0.353 e. The van der Waals surface area contributed by atoms with Crippen molar-refractivity contribution >= 4 is 21.6 Å². The van der Waals surface area contributed by atoms with Crippen LogP contribution in [0.15, 0.2) is 53.4 Å². The van der Waals surface area contributed by atoms with Crippen LogP contribution in [-0.2, 0) is 14.8 Å². The second-order valence-corrected chi connectivity index (χ2v) is 9.74. The molecule has 1 aromatic heterocycles. The minimum atomic E-state index is -4.22. The van der Waals surface area contributed by atoms with Crippen LogP contribution < -0.4 is 5.32 Å². The lowest BCUT2D eigenvalue weighted by Gasteiger charge is -2.34. The Balaban J connectivity index is 1.84. The normalized spacial score (nSPS) is 17.1. The first-order valence-corrected chi connectivity index (χ1v) is 11.7. The van der Waals surface area contributed by atoms with Crippen molar-refractivity contribution in [3.8, 4) is 5.69 Å². The fraction of sp³-hybridized carbons (Fsp3) is 0.273. The average Bonchev–Trinajstić information content (AvgIpc) is 3.08. The van der Waals surface area contributed by atoms with Gasteiger partial charge in [-0.3, -0.25) is 14.9 Å². The van der Waals surface area contributed by atoms with E-state index in [1.54, 1.807) is 18.5 Å². The standard InChI is InChI=1S/C22H23N5O5S/c1-14-9-10-18(13-19(14)27(29)30)33(31,32)25-12-11-23-22(28)21(25)20-15(2)24-26(16(20)3)17-7-5-4-6-8-17/h4-10,13,21H,11-12H2,1-3H3,(H,23,28)/t21-/m0/s1. The van der Waals surface area contributed by atoms with E-state index < -0.39 is 26.9 Å². The Bertz CT molecular complexity index is 1350. The number of rotatable bonds is 5. The molecule has 1 saturated heterocycles. The third-order valence-corrected chi connectivity index (χ3v) is 7.63. The third kappa shape index (κ3) is 3.89. The van der Waals surface area contributed by atoms with E-state index in [0.717, 1.165) is 16.1 Å². The van der Waals surface area contributed by atoms with Gasteiger partial charge in [-0.15, -0.1) is 0 Å². The lowest BCUT2D eigenvalue weighted by Crippen LogP contribution is -2.52. The Morgan fingerprint density at radius 1 is 1.12 bits per heavy atom. The Morgan fingerprint density at radius 3 is 2.48 bits per heavy atom. The molecule has 0 bridgehead atoms. The number of amides is 1. The second-order valence-electron chi connectivity index (χ2n) is 7.85. The minimum Gasteiger partial charge on any atom is -0.353 e. The molecule has 172 valence electrons. The van der Waals surface area contributed by atoms with E-state index in [0.29, 0.717) is 22.5 Å². The van der Waals surface area contributed by atoms with Crippen LogP contribution in [0.25, 0.3) is 5.69 Å². The van der Waals surface area contributed by atoms with E-state index >= 15 is 0 Å². The highest BCUT2D eigenvalue weighted by molar-refractivity contribution is 7.89. The van der Waals surface area contributed by atoms with Gasteiger partial charge in [-0.25, -0.2) is 13.1 Å². The Kier molecular flexibility index (Phi) is 5.76. The predicted molar refractivity (Wildman–Crippen MR) is 121 cm³/mol. The molecule has 2 heterocycles. The molecule has 0 radical (unpaired) electrons. The number of sulfonamides is 1. The summed E-state index contributed by atoms with van der Waals surface area (Å²) in [6, 6.07) is 11.9. The highest BCUT2D eigenvalue weighted by Gasteiger charge is 2.42. The summed E-state index contributed by atoms with van der Waals surface area (Å²) < 4.78 is 30.0. The van der Waals surface area contributed by atoms with Crippen molar-refractivity contribution in [2.24, 2.45) is 0 Å². The summed E-state index contributed by atoms with van der Waals surface area (Å²) in [5.41, 5.74) is 2.48. The van der Waals surface area contributed by atoms with Crippen LogP contribution in [0.1, 0.15) is 28.6 Å². The van der Waals surface area contributed by atoms with Gasteiger partial charge < -0.3 is 5.32 Å². The van der Waals surface area contributed by atoms with Crippen LogP contribution in [0.3, 0.4) is 0 Å². The molecule has 1 amide bonds. The summed E-state index contributed by atoms with van der Waals surface area (Å²) in [5.74, 6) is -0.467. The number of hydrogen-bond acceptors (Lipinski definition) is 6. The van der Waals surface area contributed by atoms with E-state index in [1.807, 2.05) is 30.3 Å².